The predicted molar refractivity (Wildman–Crippen MR) is 55.8 cm³/mol. The van der Waals surface area contributed by atoms with E-state index in [4.69, 9.17) is 4.74 Å². The monoisotopic (exact) mass is 188 g/mol. The molecule has 0 heterocycles. The van der Waals surface area contributed by atoms with E-state index in [0.29, 0.717) is 6.61 Å². The quantitative estimate of drug-likeness (QED) is 0.593. The van der Waals surface area contributed by atoms with Crippen molar-refractivity contribution in [2.24, 2.45) is 5.41 Å². The van der Waals surface area contributed by atoms with Crippen LogP contribution in [-0.2, 0) is 4.74 Å². The summed E-state index contributed by atoms with van der Waals surface area (Å²) in [6.07, 6.45) is 4.28. The molecule has 0 unspecified atom stereocenters. The molecule has 0 aromatic rings. The summed E-state index contributed by atoms with van der Waals surface area (Å²) in [5, 5.41) is 9.25. The maximum atomic E-state index is 9.25. The summed E-state index contributed by atoms with van der Waals surface area (Å²) in [6.45, 7) is 8.16. The van der Waals surface area contributed by atoms with Gasteiger partial charge in [-0.3, -0.25) is 0 Å². The zero-order valence-corrected chi connectivity index (χ0v) is 9.31. The lowest BCUT2D eigenvalue weighted by atomic mass is 9.84. The van der Waals surface area contributed by atoms with E-state index < -0.39 is 0 Å². The fraction of sp³-hybridized carbons (Fsp3) is 1.00. The third-order valence-electron chi connectivity index (χ3n) is 2.89. The Hall–Kier alpha value is -0.0800. The first-order valence-corrected chi connectivity index (χ1v) is 5.43. The molecule has 0 atom stereocenters. The molecule has 0 aromatic heterocycles. The lowest BCUT2D eigenvalue weighted by molar-refractivity contribution is 0.000393. The Morgan fingerprint density at radius 1 is 1.15 bits per heavy atom. The van der Waals surface area contributed by atoms with Crippen LogP contribution in [0.15, 0.2) is 0 Å². The largest absolute Gasteiger partial charge is 0.396 e. The number of aliphatic hydroxyl groups is 1. The molecule has 2 heteroatoms. The molecule has 0 amide bonds. The van der Waals surface area contributed by atoms with Gasteiger partial charge in [-0.1, -0.05) is 27.2 Å². The van der Waals surface area contributed by atoms with Crippen molar-refractivity contribution in [3.63, 3.8) is 0 Å². The van der Waals surface area contributed by atoms with Crippen LogP contribution < -0.4 is 0 Å². The molecular formula is C11H24O2. The Morgan fingerprint density at radius 2 is 1.77 bits per heavy atom. The smallest absolute Gasteiger partial charge is 0.0544 e. The van der Waals surface area contributed by atoms with E-state index in [1.165, 1.54) is 6.42 Å². The Morgan fingerprint density at radius 3 is 2.15 bits per heavy atom. The van der Waals surface area contributed by atoms with Crippen LogP contribution in [-0.4, -0.2) is 24.9 Å². The second kappa shape index (κ2) is 7.34. The van der Waals surface area contributed by atoms with Gasteiger partial charge in [0.2, 0.25) is 0 Å². The van der Waals surface area contributed by atoms with Crippen LogP contribution in [0.5, 0.6) is 0 Å². The number of ether oxygens (including phenoxy) is 1. The molecule has 80 valence electrons. The molecule has 0 rings (SSSR count). The summed E-state index contributed by atoms with van der Waals surface area (Å²) >= 11 is 0. The van der Waals surface area contributed by atoms with Gasteiger partial charge in [-0.05, 0) is 19.3 Å². The molecule has 0 radical (unpaired) electrons. The van der Waals surface area contributed by atoms with Crippen molar-refractivity contribution in [2.75, 3.05) is 19.8 Å². The van der Waals surface area contributed by atoms with Gasteiger partial charge in [0.25, 0.3) is 0 Å². The molecule has 1 N–H and O–H groups in total. The first-order valence-electron chi connectivity index (χ1n) is 5.43. The van der Waals surface area contributed by atoms with E-state index in [0.717, 1.165) is 25.9 Å². The van der Waals surface area contributed by atoms with Crippen molar-refractivity contribution in [1.29, 1.82) is 0 Å². The van der Waals surface area contributed by atoms with E-state index in [9.17, 15) is 5.11 Å². The lowest BCUT2D eigenvalue weighted by Crippen LogP contribution is -2.29. The van der Waals surface area contributed by atoms with Gasteiger partial charge in [0.05, 0.1) is 13.2 Å². The van der Waals surface area contributed by atoms with Crippen LogP contribution in [0.25, 0.3) is 0 Å². The molecule has 0 aromatic carbocycles. The number of aliphatic hydroxyl groups excluding tert-OH is 1. The highest BCUT2D eigenvalue weighted by molar-refractivity contribution is 4.74. The van der Waals surface area contributed by atoms with E-state index >= 15 is 0 Å². The number of hydrogen-bond acceptors (Lipinski definition) is 2. The first kappa shape index (κ1) is 12.9. The second-order valence-corrected chi connectivity index (χ2v) is 3.77. The van der Waals surface area contributed by atoms with Gasteiger partial charge in [0.1, 0.15) is 0 Å². The van der Waals surface area contributed by atoms with Crippen LogP contribution in [0.1, 0.15) is 46.5 Å². The average molecular weight is 188 g/mol. The van der Waals surface area contributed by atoms with Crippen LogP contribution in [0, 0.1) is 5.41 Å². The molecule has 0 saturated carbocycles. The van der Waals surface area contributed by atoms with Crippen molar-refractivity contribution in [3.8, 4) is 0 Å². The van der Waals surface area contributed by atoms with Gasteiger partial charge in [0.15, 0.2) is 0 Å². The van der Waals surface area contributed by atoms with Crippen LogP contribution in [0.3, 0.4) is 0 Å². The number of rotatable bonds is 8. The maximum Gasteiger partial charge on any atom is 0.0544 e. The number of hydrogen-bond donors (Lipinski definition) is 1. The van der Waals surface area contributed by atoms with Gasteiger partial charge in [-0.2, -0.15) is 0 Å². The molecule has 0 aliphatic heterocycles. The third-order valence-corrected chi connectivity index (χ3v) is 2.89. The minimum absolute atomic E-state index is 0.00768. The van der Waals surface area contributed by atoms with Crippen molar-refractivity contribution < 1.29 is 9.84 Å². The van der Waals surface area contributed by atoms with E-state index in [1.807, 2.05) is 0 Å². The van der Waals surface area contributed by atoms with Crippen molar-refractivity contribution in [2.45, 2.75) is 46.5 Å². The van der Waals surface area contributed by atoms with Crippen LogP contribution in [0.4, 0.5) is 0 Å². The van der Waals surface area contributed by atoms with Crippen LogP contribution in [0.2, 0.25) is 0 Å². The molecule has 0 aliphatic carbocycles. The normalized spacial score (nSPS) is 12.0. The first-order chi connectivity index (χ1) is 6.24. The predicted octanol–water partition coefficient (Wildman–Crippen LogP) is 2.60. The topological polar surface area (TPSA) is 29.5 Å². The Bertz CT molecular complexity index is 100. The van der Waals surface area contributed by atoms with Crippen LogP contribution >= 0.6 is 0 Å². The van der Waals surface area contributed by atoms with Gasteiger partial charge < -0.3 is 9.84 Å². The highest BCUT2D eigenvalue weighted by Gasteiger charge is 2.25. The standard InChI is InChI=1S/C11H24O2/c1-4-7-8-13-10-11(5-2,6-3)9-12/h12H,4-10H2,1-3H3. The summed E-state index contributed by atoms with van der Waals surface area (Å²) in [7, 11) is 0. The summed E-state index contributed by atoms with van der Waals surface area (Å²) in [6, 6.07) is 0. The van der Waals surface area contributed by atoms with Gasteiger partial charge in [0, 0.05) is 12.0 Å². The highest BCUT2D eigenvalue weighted by atomic mass is 16.5. The molecular weight excluding hydrogens is 164 g/mol. The SMILES string of the molecule is CCCCOCC(CC)(CC)CO. The molecule has 0 aliphatic rings. The zero-order chi connectivity index (χ0) is 10.2. The minimum atomic E-state index is 0.00768. The van der Waals surface area contributed by atoms with Gasteiger partial charge >= 0.3 is 0 Å². The second-order valence-electron chi connectivity index (χ2n) is 3.77. The fourth-order valence-corrected chi connectivity index (χ4v) is 1.26. The Kier molecular flexibility index (Phi) is 7.29. The summed E-state index contributed by atoms with van der Waals surface area (Å²) in [5.74, 6) is 0. The third kappa shape index (κ3) is 4.63. The van der Waals surface area contributed by atoms with Gasteiger partial charge in [-0.15, -0.1) is 0 Å². The van der Waals surface area contributed by atoms with Crippen molar-refractivity contribution >= 4 is 0 Å². The molecule has 0 saturated heterocycles. The minimum Gasteiger partial charge on any atom is -0.396 e. The summed E-state index contributed by atoms with van der Waals surface area (Å²) in [4.78, 5) is 0. The average Bonchev–Trinajstić information content (AvgIpc) is 2.20. The van der Waals surface area contributed by atoms with E-state index in [2.05, 4.69) is 20.8 Å². The zero-order valence-electron chi connectivity index (χ0n) is 9.31. The maximum absolute atomic E-state index is 9.25. The van der Waals surface area contributed by atoms with Crippen molar-refractivity contribution in [3.05, 3.63) is 0 Å². The van der Waals surface area contributed by atoms with Gasteiger partial charge in [-0.25, -0.2) is 0 Å². The lowest BCUT2D eigenvalue weighted by Gasteiger charge is -2.28. The van der Waals surface area contributed by atoms with E-state index in [1.54, 1.807) is 0 Å². The Labute approximate surface area is 82.3 Å². The Balaban J connectivity index is 3.68. The van der Waals surface area contributed by atoms with Crippen molar-refractivity contribution in [1.82, 2.24) is 0 Å². The molecule has 0 spiro atoms. The molecule has 0 bridgehead atoms. The molecule has 0 fully saturated rings. The molecule has 2 nitrogen and oxygen atoms in total. The number of unbranched alkanes of at least 4 members (excludes halogenated alkanes) is 1. The highest BCUT2D eigenvalue weighted by Crippen LogP contribution is 2.25. The summed E-state index contributed by atoms with van der Waals surface area (Å²) in [5.41, 5.74) is 0.00768. The molecule has 13 heavy (non-hydrogen) atoms. The van der Waals surface area contributed by atoms with E-state index in [-0.39, 0.29) is 12.0 Å². The fourth-order valence-electron chi connectivity index (χ4n) is 1.26. The summed E-state index contributed by atoms with van der Waals surface area (Å²) < 4.78 is 5.55.